The fourth-order valence-corrected chi connectivity index (χ4v) is 1.48. The van der Waals surface area contributed by atoms with Crippen molar-refractivity contribution in [1.29, 1.82) is 0 Å². The Balaban J connectivity index is 2.57. The van der Waals surface area contributed by atoms with Crippen LogP contribution >= 0.6 is 0 Å². The van der Waals surface area contributed by atoms with Crippen molar-refractivity contribution < 1.29 is 14.6 Å². The molecule has 4 nitrogen and oxygen atoms in total. The van der Waals surface area contributed by atoms with Crippen LogP contribution in [0.3, 0.4) is 0 Å². The predicted molar refractivity (Wildman–Crippen MR) is 60.7 cm³/mol. The van der Waals surface area contributed by atoms with Gasteiger partial charge in [-0.1, -0.05) is 30.3 Å². The van der Waals surface area contributed by atoms with Gasteiger partial charge < -0.3 is 15.2 Å². The molecule has 0 fully saturated rings. The Morgan fingerprint density at radius 3 is 2.75 bits per heavy atom. The smallest absolute Gasteiger partial charge is 0.412 e. The molecule has 0 radical (unpaired) electrons. The minimum atomic E-state index is -0.605. The van der Waals surface area contributed by atoms with Crippen LogP contribution in [0.4, 0.5) is 4.79 Å². The maximum Gasteiger partial charge on any atom is 0.412 e. The molecule has 0 aliphatic rings. The van der Waals surface area contributed by atoms with Crippen molar-refractivity contribution in [3.05, 3.63) is 36.4 Å². The van der Waals surface area contributed by atoms with Gasteiger partial charge in [0, 0.05) is 12.4 Å². The summed E-state index contributed by atoms with van der Waals surface area (Å²) in [5, 5.41) is 13.6. The third-order valence-electron chi connectivity index (χ3n) is 2.26. The van der Waals surface area contributed by atoms with Gasteiger partial charge in [0.1, 0.15) is 0 Å². The Morgan fingerprint density at radius 2 is 2.00 bits per heavy atom. The van der Waals surface area contributed by atoms with E-state index in [9.17, 15) is 9.90 Å². The Labute approximate surface area is 92.5 Å². The van der Waals surface area contributed by atoms with Crippen molar-refractivity contribution in [1.82, 2.24) is 5.32 Å². The molecule has 16 heavy (non-hydrogen) atoms. The molecule has 2 rings (SSSR count). The van der Waals surface area contributed by atoms with E-state index in [4.69, 9.17) is 4.74 Å². The van der Waals surface area contributed by atoms with Gasteiger partial charge in [-0.3, -0.25) is 0 Å². The lowest BCUT2D eigenvalue weighted by Gasteiger charge is -2.08. The third kappa shape index (κ3) is 1.77. The SMILES string of the molecule is CNC(=O)Oc1c(O)ccc2ccccc12. The van der Waals surface area contributed by atoms with E-state index in [1.807, 2.05) is 18.2 Å². The normalized spacial score (nSPS) is 10.1. The first-order valence-corrected chi connectivity index (χ1v) is 4.82. The van der Waals surface area contributed by atoms with Gasteiger partial charge in [0.25, 0.3) is 0 Å². The Morgan fingerprint density at radius 1 is 1.25 bits per heavy atom. The number of phenols is 1. The highest BCUT2D eigenvalue weighted by atomic mass is 16.6. The molecule has 0 aromatic heterocycles. The fraction of sp³-hybridized carbons (Fsp3) is 0.0833. The largest absolute Gasteiger partial charge is 0.504 e. The zero-order valence-electron chi connectivity index (χ0n) is 8.73. The summed E-state index contributed by atoms with van der Waals surface area (Å²) in [4.78, 5) is 11.1. The second-order valence-electron chi connectivity index (χ2n) is 3.27. The molecule has 2 aromatic rings. The first-order chi connectivity index (χ1) is 7.72. The van der Waals surface area contributed by atoms with Gasteiger partial charge in [-0.05, 0) is 11.5 Å². The summed E-state index contributed by atoms with van der Waals surface area (Å²) in [6.07, 6.45) is -0.605. The lowest BCUT2D eigenvalue weighted by atomic mass is 10.1. The van der Waals surface area contributed by atoms with E-state index in [-0.39, 0.29) is 11.5 Å². The van der Waals surface area contributed by atoms with Crippen molar-refractivity contribution in [2.75, 3.05) is 7.05 Å². The monoisotopic (exact) mass is 217 g/mol. The van der Waals surface area contributed by atoms with Gasteiger partial charge in [0.15, 0.2) is 11.5 Å². The quantitative estimate of drug-likeness (QED) is 0.770. The minimum absolute atomic E-state index is 0.0534. The van der Waals surface area contributed by atoms with Crippen LogP contribution in [0.1, 0.15) is 0 Å². The molecule has 0 spiro atoms. The van der Waals surface area contributed by atoms with Crippen LogP contribution in [-0.4, -0.2) is 18.2 Å². The van der Waals surface area contributed by atoms with E-state index in [1.54, 1.807) is 12.1 Å². The maximum atomic E-state index is 11.1. The molecule has 0 bridgehead atoms. The summed E-state index contributed by atoms with van der Waals surface area (Å²) in [5.41, 5.74) is 0. The Bertz CT molecular complexity index is 537. The number of ether oxygens (including phenoxy) is 1. The van der Waals surface area contributed by atoms with E-state index in [0.29, 0.717) is 5.39 Å². The zero-order valence-corrected chi connectivity index (χ0v) is 8.73. The van der Waals surface area contributed by atoms with Crippen molar-refractivity contribution in [3.8, 4) is 11.5 Å². The van der Waals surface area contributed by atoms with Crippen LogP contribution in [-0.2, 0) is 0 Å². The summed E-state index contributed by atoms with van der Waals surface area (Å²) in [7, 11) is 1.46. The van der Waals surface area contributed by atoms with Crippen molar-refractivity contribution in [2.24, 2.45) is 0 Å². The molecule has 0 aliphatic heterocycles. The number of nitrogens with one attached hydrogen (secondary N) is 1. The number of amides is 1. The first kappa shape index (κ1) is 10.3. The number of carbonyl (C=O) groups is 1. The van der Waals surface area contributed by atoms with Gasteiger partial charge in [0.2, 0.25) is 0 Å². The summed E-state index contributed by atoms with van der Waals surface area (Å²) in [6.45, 7) is 0. The van der Waals surface area contributed by atoms with Crippen LogP contribution < -0.4 is 10.1 Å². The van der Waals surface area contributed by atoms with Crippen LogP contribution in [0.2, 0.25) is 0 Å². The average Bonchev–Trinajstić information content (AvgIpc) is 2.32. The molecule has 2 N–H and O–H groups in total. The minimum Gasteiger partial charge on any atom is -0.504 e. The number of hydrogen-bond acceptors (Lipinski definition) is 3. The van der Waals surface area contributed by atoms with Crippen molar-refractivity contribution >= 4 is 16.9 Å². The summed E-state index contributed by atoms with van der Waals surface area (Å²) >= 11 is 0. The number of fused-ring (bicyclic) bond motifs is 1. The second-order valence-corrected chi connectivity index (χ2v) is 3.27. The summed E-state index contributed by atoms with van der Waals surface area (Å²) < 4.78 is 5.01. The summed E-state index contributed by atoms with van der Waals surface area (Å²) in [5.74, 6) is 0.125. The van der Waals surface area contributed by atoms with Gasteiger partial charge >= 0.3 is 6.09 Å². The van der Waals surface area contributed by atoms with Crippen LogP contribution in [0.15, 0.2) is 36.4 Å². The van der Waals surface area contributed by atoms with Gasteiger partial charge in [-0.15, -0.1) is 0 Å². The molecule has 0 saturated carbocycles. The highest BCUT2D eigenvalue weighted by Crippen LogP contribution is 2.34. The third-order valence-corrected chi connectivity index (χ3v) is 2.26. The second kappa shape index (κ2) is 4.10. The molecule has 0 aliphatic carbocycles. The molecular weight excluding hydrogens is 206 g/mol. The topological polar surface area (TPSA) is 58.6 Å². The van der Waals surface area contributed by atoms with E-state index < -0.39 is 6.09 Å². The number of aromatic hydroxyl groups is 1. The lowest BCUT2D eigenvalue weighted by molar-refractivity contribution is 0.201. The van der Waals surface area contributed by atoms with Crippen molar-refractivity contribution in [3.63, 3.8) is 0 Å². The van der Waals surface area contributed by atoms with Crippen LogP contribution in [0.25, 0.3) is 10.8 Å². The van der Waals surface area contributed by atoms with E-state index >= 15 is 0 Å². The van der Waals surface area contributed by atoms with Crippen LogP contribution in [0.5, 0.6) is 11.5 Å². The lowest BCUT2D eigenvalue weighted by Crippen LogP contribution is -2.22. The number of benzene rings is 2. The highest BCUT2D eigenvalue weighted by molar-refractivity contribution is 5.92. The predicted octanol–water partition coefficient (Wildman–Crippen LogP) is 2.26. The summed E-state index contributed by atoms with van der Waals surface area (Å²) in [6, 6.07) is 10.6. The van der Waals surface area contributed by atoms with Gasteiger partial charge in [-0.25, -0.2) is 4.79 Å². The molecule has 82 valence electrons. The zero-order chi connectivity index (χ0) is 11.5. The Kier molecular flexibility index (Phi) is 2.64. The number of carbonyl (C=O) groups excluding carboxylic acids is 1. The van der Waals surface area contributed by atoms with E-state index in [1.165, 1.54) is 13.1 Å². The van der Waals surface area contributed by atoms with Crippen molar-refractivity contribution in [2.45, 2.75) is 0 Å². The van der Waals surface area contributed by atoms with Gasteiger partial charge in [-0.2, -0.15) is 0 Å². The molecule has 2 aromatic carbocycles. The standard InChI is InChI=1S/C12H11NO3/c1-13-12(15)16-11-9-5-3-2-4-8(9)6-7-10(11)14/h2-7,14H,1H3,(H,13,15). The fourth-order valence-electron chi connectivity index (χ4n) is 1.48. The molecule has 4 heteroatoms. The maximum absolute atomic E-state index is 11.1. The molecule has 0 heterocycles. The highest BCUT2D eigenvalue weighted by Gasteiger charge is 2.11. The molecule has 0 saturated heterocycles. The average molecular weight is 217 g/mol. The molecule has 0 atom stereocenters. The molecular formula is C12H11NO3. The van der Waals surface area contributed by atoms with E-state index in [2.05, 4.69) is 5.32 Å². The number of rotatable bonds is 1. The van der Waals surface area contributed by atoms with Gasteiger partial charge in [0.05, 0.1) is 0 Å². The number of hydrogen-bond donors (Lipinski definition) is 2. The van der Waals surface area contributed by atoms with E-state index in [0.717, 1.165) is 5.39 Å². The molecule has 1 amide bonds. The molecule has 0 unspecified atom stereocenters. The first-order valence-electron chi connectivity index (χ1n) is 4.82. The van der Waals surface area contributed by atoms with Crippen LogP contribution in [0, 0.1) is 0 Å². The Hall–Kier alpha value is -2.23. The number of phenolic OH excluding ortho intramolecular Hbond substituents is 1.